The van der Waals surface area contributed by atoms with Crippen molar-refractivity contribution >= 4 is 8.41 Å². The van der Waals surface area contributed by atoms with E-state index >= 15 is 0 Å². The Kier molecular flexibility index (Phi) is 474000. The Morgan fingerprint density at radius 2 is 1.25 bits per heavy atom. The van der Waals surface area contributed by atoms with Gasteiger partial charge in [0.25, 0.3) is 0 Å². The van der Waals surface area contributed by atoms with E-state index in [1.165, 1.54) is 0 Å². The van der Waals surface area contributed by atoms with E-state index in [0.717, 1.165) is 7.11 Å². The molecule has 0 heterocycles. The van der Waals surface area contributed by atoms with Gasteiger partial charge in [0, 0.05) is 7.11 Å². The summed E-state index contributed by atoms with van der Waals surface area (Å²) in [6, 6.07) is 0. The molecular weight excluding hydrogens is 52.8 g/mol. The second-order valence-electron chi connectivity index (χ2n) is 0. The fourth-order valence-electron chi connectivity index (χ4n) is 0. The molecule has 0 aromatic heterocycles. The number of hydrogen-bond donors (Lipinski definition) is 2. The Balaban J connectivity index is -0.00000000500. The molecule has 28 valence electrons. The molecule has 0 aliphatic carbocycles. The van der Waals surface area contributed by atoms with Crippen LogP contribution in [0.4, 0.5) is 0 Å². The summed E-state index contributed by atoms with van der Waals surface area (Å²) in [4.78, 5) is 0. The van der Waals surface area contributed by atoms with Crippen molar-refractivity contribution in [2.24, 2.45) is 0 Å². The van der Waals surface area contributed by atoms with Crippen molar-refractivity contribution in [1.82, 2.24) is 6.15 Å². The van der Waals surface area contributed by atoms with Gasteiger partial charge in [0.15, 0.2) is 0 Å². The molecule has 0 atom stereocenters. The summed E-state index contributed by atoms with van der Waals surface area (Å²) in [5, 5.41) is 7.00. The zero-order chi connectivity index (χ0) is 2.00. The average molecular weight is 62.9 g/mol. The van der Waals surface area contributed by atoms with Crippen LogP contribution >= 0.6 is 0 Å². The zero-order valence-electron chi connectivity index (χ0n) is 2.15. The van der Waals surface area contributed by atoms with Crippen LogP contribution in [0.15, 0.2) is 0 Å². The van der Waals surface area contributed by atoms with Gasteiger partial charge in [-0.05, 0) is 0 Å². The molecular formula is CH10BNO. The van der Waals surface area contributed by atoms with Gasteiger partial charge in [0.1, 0.15) is 0 Å². The Morgan fingerprint density at radius 1 is 1.25 bits per heavy atom. The molecule has 0 amide bonds. The Labute approximate surface area is 28.0 Å². The highest BCUT2D eigenvalue weighted by molar-refractivity contribution is 5.75. The maximum Gasteiger partial charge on any atom is 0.0814 e. The average Bonchev–Trinajstić information content (AvgIpc) is 1.00. The standard InChI is InChI=1S/CH4O.BH3.H3N/c1-2;;/h2H,1H3;2*1H3. The molecule has 2 nitrogen and oxygen atoms in total. The maximum absolute atomic E-state index is 7.00. The Bertz CT molecular complexity index is 8.00. The summed E-state index contributed by atoms with van der Waals surface area (Å²) in [6.45, 7) is 0. The van der Waals surface area contributed by atoms with E-state index in [0.29, 0.717) is 0 Å². The fourth-order valence-corrected chi connectivity index (χ4v) is 0. The van der Waals surface area contributed by atoms with Crippen LogP contribution in [0.2, 0.25) is 0 Å². The summed E-state index contributed by atoms with van der Waals surface area (Å²) in [5.41, 5.74) is 0. The van der Waals surface area contributed by atoms with Crippen molar-refractivity contribution in [2.45, 2.75) is 0 Å². The molecule has 0 saturated carbocycles. The molecule has 0 bridgehead atoms. The molecule has 0 aromatic rings. The third-order valence-electron chi connectivity index (χ3n) is 0. The summed E-state index contributed by atoms with van der Waals surface area (Å²) in [6.07, 6.45) is 0. The molecule has 0 unspecified atom stereocenters. The van der Waals surface area contributed by atoms with E-state index in [2.05, 4.69) is 0 Å². The quantitative estimate of drug-likeness (QED) is 0.339. The van der Waals surface area contributed by atoms with Gasteiger partial charge >= 0.3 is 0 Å². The largest absolute Gasteiger partial charge is 0.400 e. The lowest BCUT2D eigenvalue weighted by molar-refractivity contribution is 0.399. The van der Waals surface area contributed by atoms with Crippen LogP contribution in [0.3, 0.4) is 0 Å². The summed E-state index contributed by atoms with van der Waals surface area (Å²) >= 11 is 0. The smallest absolute Gasteiger partial charge is 0.0814 e. The van der Waals surface area contributed by atoms with E-state index in [1.807, 2.05) is 0 Å². The third-order valence-corrected chi connectivity index (χ3v) is 0. The van der Waals surface area contributed by atoms with Crippen molar-refractivity contribution < 1.29 is 5.11 Å². The molecule has 0 rings (SSSR count). The maximum atomic E-state index is 7.00. The van der Waals surface area contributed by atoms with Crippen LogP contribution in [0.5, 0.6) is 0 Å². The van der Waals surface area contributed by atoms with Crippen molar-refractivity contribution in [3.05, 3.63) is 0 Å². The normalized spacial score (nSPS) is 1.50. The first kappa shape index (κ1) is 36.6. The Morgan fingerprint density at radius 3 is 1.25 bits per heavy atom. The second kappa shape index (κ2) is 51800. The predicted octanol–water partition coefficient (Wildman–Crippen LogP) is -1.41. The number of aliphatic hydroxyl groups excluding tert-OH is 1. The van der Waals surface area contributed by atoms with Crippen LogP contribution in [0.1, 0.15) is 0 Å². The first-order chi connectivity index (χ1) is 1.00. The molecule has 0 saturated heterocycles. The van der Waals surface area contributed by atoms with Gasteiger partial charge < -0.3 is 11.3 Å². The van der Waals surface area contributed by atoms with Gasteiger partial charge in [-0.1, -0.05) is 0 Å². The van der Waals surface area contributed by atoms with Gasteiger partial charge in [-0.25, -0.2) is 0 Å². The van der Waals surface area contributed by atoms with Gasteiger partial charge in [0.2, 0.25) is 0 Å². The van der Waals surface area contributed by atoms with Crippen LogP contribution in [0.25, 0.3) is 0 Å². The van der Waals surface area contributed by atoms with E-state index in [-0.39, 0.29) is 14.6 Å². The molecule has 0 aliphatic heterocycles. The lowest BCUT2D eigenvalue weighted by Gasteiger charge is -1.21. The molecule has 4 heavy (non-hydrogen) atoms. The van der Waals surface area contributed by atoms with E-state index in [4.69, 9.17) is 5.11 Å². The van der Waals surface area contributed by atoms with Crippen molar-refractivity contribution in [2.75, 3.05) is 7.11 Å². The van der Waals surface area contributed by atoms with Crippen molar-refractivity contribution in [3.63, 3.8) is 0 Å². The zero-order valence-corrected chi connectivity index (χ0v) is 2.15. The fraction of sp³-hybridized carbons (Fsp3) is 1.00. The van der Waals surface area contributed by atoms with Gasteiger partial charge in [-0.3, -0.25) is 0 Å². The lowest BCUT2D eigenvalue weighted by atomic mass is 10.8. The third kappa shape index (κ3) is 8480. The minimum atomic E-state index is 0. The minimum Gasteiger partial charge on any atom is -0.400 e. The van der Waals surface area contributed by atoms with E-state index < -0.39 is 0 Å². The summed E-state index contributed by atoms with van der Waals surface area (Å²) < 4.78 is 0. The molecule has 3 heteroatoms. The van der Waals surface area contributed by atoms with Crippen LogP contribution in [-0.2, 0) is 0 Å². The van der Waals surface area contributed by atoms with Crippen molar-refractivity contribution in [3.8, 4) is 0 Å². The molecule has 0 radical (unpaired) electrons. The highest BCUT2D eigenvalue weighted by Crippen LogP contribution is 0.755. The SMILES string of the molecule is B.CO.N. The van der Waals surface area contributed by atoms with Crippen LogP contribution in [0, 0.1) is 0 Å². The first-order valence-corrected chi connectivity index (χ1v) is 0.447. The number of rotatable bonds is 0. The molecule has 0 spiro atoms. The van der Waals surface area contributed by atoms with Crippen LogP contribution < -0.4 is 6.15 Å². The number of hydrogen-bond acceptors (Lipinski definition) is 2. The molecule has 4 N–H and O–H groups in total. The van der Waals surface area contributed by atoms with Gasteiger partial charge in [-0.15, -0.1) is 0 Å². The summed E-state index contributed by atoms with van der Waals surface area (Å²) in [7, 11) is 1.00. The highest BCUT2D eigenvalue weighted by atomic mass is 16.2. The first-order valence-electron chi connectivity index (χ1n) is 0.447. The topological polar surface area (TPSA) is 55.2 Å². The Hall–Kier alpha value is -0.0151. The number of aliphatic hydroxyl groups is 1. The van der Waals surface area contributed by atoms with Gasteiger partial charge in [-0.2, -0.15) is 0 Å². The molecule has 0 aromatic carbocycles. The predicted molar refractivity (Wildman–Crippen MR) is 23.1 cm³/mol. The highest BCUT2D eigenvalue weighted by Gasteiger charge is 0.839. The minimum absolute atomic E-state index is 0. The van der Waals surface area contributed by atoms with E-state index in [9.17, 15) is 0 Å². The lowest BCUT2D eigenvalue weighted by Crippen LogP contribution is -1.25. The second-order valence-corrected chi connectivity index (χ2v) is 0. The molecule has 0 fully saturated rings. The van der Waals surface area contributed by atoms with E-state index in [1.54, 1.807) is 0 Å². The van der Waals surface area contributed by atoms with Gasteiger partial charge in [0.05, 0.1) is 8.41 Å². The molecule has 0 aliphatic rings. The van der Waals surface area contributed by atoms with Crippen LogP contribution in [-0.4, -0.2) is 20.6 Å². The monoisotopic (exact) mass is 63.1 g/mol. The summed E-state index contributed by atoms with van der Waals surface area (Å²) in [5.74, 6) is 0. The van der Waals surface area contributed by atoms with Crippen molar-refractivity contribution in [1.29, 1.82) is 0 Å².